The molecule has 1 unspecified atom stereocenters. The van der Waals surface area contributed by atoms with Crippen molar-refractivity contribution in [1.82, 2.24) is 9.29 Å². The van der Waals surface area contributed by atoms with Crippen LogP contribution in [0.2, 0.25) is 5.02 Å². The van der Waals surface area contributed by atoms with Crippen molar-refractivity contribution >= 4 is 27.6 Å². The van der Waals surface area contributed by atoms with Gasteiger partial charge in [0.05, 0.1) is 12.0 Å². The number of rotatable bonds is 3. The Morgan fingerprint density at radius 1 is 1.48 bits per heavy atom. The number of aromatic amines is 1. The number of carbonyl (C=O) groups excluding carboxylic acids is 1. The van der Waals surface area contributed by atoms with Gasteiger partial charge in [-0.25, -0.2) is 8.42 Å². The van der Waals surface area contributed by atoms with Crippen molar-refractivity contribution in [2.24, 2.45) is 0 Å². The number of pyridine rings is 1. The molecule has 0 saturated carbocycles. The Hall–Kier alpha value is -1.38. The molecular weight excluding hydrogens is 320 g/mol. The molecule has 1 N–H and O–H groups in total. The number of halogens is 1. The fourth-order valence-electron chi connectivity index (χ4n) is 2.29. The van der Waals surface area contributed by atoms with Crippen molar-refractivity contribution in [1.29, 1.82) is 0 Å². The van der Waals surface area contributed by atoms with Crippen LogP contribution in [0.4, 0.5) is 0 Å². The first kappa shape index (κ1) is 16.0. The Kier molecular flexibility index (Phi) is 4.70. The van der Waals surface area contributed by atoms with Gasteiger partial charge in [0, 0.05) is 12.7 Å². The zero-order valence-electron chi connectivity index (χ0n) is 11.3. The number of ether oxygens (including phenoxy) is 1. The maximum absolute atomic E-state index is 12.6. The first-order valence-corrected chi connectivity index (χ1v) is 8.17. The Bertz CT molecular complexity index is 700. The Labute approximate surface area is 126 Å². The van der Waals surface area contributed by atoms with Crippen LogP contribution in [-0.4, -0.2) is 43.4 Å². The van der Waals surface area contributed by atoms with Crippen LogP contribution in [0.25, 0.3) is 0 Å². The number of esters is 1. The second-order valence-corrected chi connectivity index (χ2v) is 6.96. The summed E-state index contributed by atoms with van der Waals surface area (Å²) in [6.07, 6.45) is 2.89. The summed E-state index contributed by atoms with van der Waals surface area (Å²) < 4.78 is 31.0. The van der Waals surface area contributed by atoms with Crippen LogP contribution in [0, 0.1) is 0 Å². The third-order valence-electron chi connectivity index (χ3n) is 3.36. The van der Waals surface area contributed by atoms with Crippen LogP contribution >= 0.6 is 11.6 Å². The third-order valence-corrected chi connectivity index (χ3v) is 5.53. The van der Waals surface area contributed by atoms with Gasteiger partial charge < -0.3 is 9.72 Å². The smallest absolute Gasteiger partial charge is 0.324 e. The molecule has 0 aromatic carbocycles. The monoisotopic (exact) mass is 334 g/mol. The van der Waals surface area contributed by atoms with E-state index >= 15 is 0 Å². The standard InChI is InChI=1S/C12H15ClN2O5S/c1-20-12(17)10-4-2-3-5-15(10)21(18,19)8-6-9(13)11(16)14-7-8/h6-7,10H,2-5H2,1H3,(H,14,16). The molecule has 0 radical (unpaired) electrons. The van der Waals surface area contributed by atoms with Gasteiger partial charge in [-0.1, -0.05) is 11.6 Å². The predicted molar refractivity (Wildman–Crippen MR) is 75.6 cm³/mol. The normalized spacial score (nSPS) is 20.2. The lowest BCUT2D eigenvalue weighted by atomic mass is 10.1. The van der Waals surface area contributed by atoms with Crippen LogP contribution in [0.3, 0.4) is 0 Å². The molecule has 1 saturated heterocycles. The first-order chi connectivity index (χ1) is 9.87. The summed E-state index contributed by atoms with van der Waals surface area (Å²) in [5.41, 5.74) is -0.571. The molecule has 2 heterocycles. The summed E-state index contributed by atoms with van der Waals surface area (Å²) in [7, 11) is -2.71. The molecule has 0 aliphatic carbocycles. The van der Waals surface area contributed by atoms with Crippen molar-refractivity contribution in [3.8, 4) is 0 Å². The lowest BCUT2D eigenvalue weighted by molar-refractivity contribution is -0.146. The highest BCUT2D eigenvalue weighted by atomic mass is 35.5. The molecular formula is C12H15ClN2O5S. The van der Waals surface area contributed by atoms with E-state index in [1.54, 1.807) is 0 Å². The highest BCUT2D eigenvalue weighted by Gasteiger charge is 2.38. The number of hydrogen-bond donors (Lipinski definition) is 1. The van der Waals surface area contributed by atoms with Crippen LogP contribution in [0.1, 0.15) is 19.3 Å². The van der Waals surface area contributed by atoms with Crippen LogP contribution in [0.5, 0.6) is 0 Å². The van der Waals surface area contributed by atoms with Crippen molar-refractivity contribution in [2.75, 3.05) is 13.7 Å². The molecule has 0 spiro atoms. The molecule has 1 aliphatic rings. The van der Waals surface area contributed by atoms with Gasteiger partial charge in [-0.2, -0.15) is 4.31 Å². The number of carbonyl (C=O) groups is 1. The maximum Gasteiger partial charge on any atom is 0.324 e. The SMILES string of the molecule is COC(=O)C1CCCCN1S(=O)(=O)c1c[nH]c(=O)c(Cl)c1. The third kappa shape index (κ3) is 3.12. The Balaban J connectivity index is 2.42. The molecule has 1 fully saturated rings. The van der Waals surface area contributed by atoms with Crippen LogP contribution in [-0.2, 0) is 19.6 Å². The van der Waals surface area contributed by atoms with Gasteiger partial charge in [0.1, 0.15) is 11.1 Å². The number of nitrogens with one attached hydrogen (secondary N) is 1. The molecule has 116 valence electrons. The average molecular weight is 335 g/mol. The van der Waals surface area contributed by atoms with Crippen molar-refractivity contribution < 1.29 is 17.9 Å². The van der Waals surface area contributed by atoms with Crippen molar-refractivity contribution in [2.45, 2.75) is 30.2 Å². The fourth-order valence-corrected chi connectivity index (χ4v) is 4.16. The number of H-pyrrole nitrogens is 1. The minimum absolute atomic E-state index is 0.150. The van der Waals surface area contributed by atoms with Gasteiger partial charge in [0.2, 0.25) is 10.0 Å². The maximum atomic E-state index is 12.6. The highest BCUT2D eigenvalue weighted by Crippen LogP contribution is 2.26. The molecule has 1 aromatic rings. The number of piperidine rings is 1. The molecule has 1 aliphatic heterocycles. The molecule has 21 heavy (non-hydrogen) atoms. The topological polar surface area (TPSA) is 96.5 Å². The largest absolute Gasteiger partial charge is 0.468 e. The number of aromatic nitrogens is 1. The summed E-state index contributed by atoms with van der Waals surface area (Å²) in [5.74, 6) is -0.589. The van der Waals surface area contributed by atoms with E-state index in [4.69, 9.17) is 11.6 Å². The summed E-state index contributed by atoms with van der Waals surface area (Å²) in [4.78, 5) is 25.1. The van der Waals surface area contributed by atoms with E-state index in [1.807, 2.05) is 0 Å². The lowest BCUT2D eigenvalue weighted by Crippen LogP contribution is -2.48. The quantitative estimate of drug-likeness (QED) is 0.822. The van der Waals surface area contributed by atoms with Crippen molar-refractivity contribution in [3.63, 3.8) is 0 Å². The zero-order chi connectivity index (χ0) is 15.6. The van der Waals surface area contributed by atoms with Gasteiger partial charge in [-0.3, -0.25) is 9.59 Å². The second-order valence-electron chi connectivity index (χ2n) is 4.66. The average Bonchev–Trinajstić information content (AvgIpc) is 2.49. The summed E-state index contributed by atoms with van der Waals surface area (Å²) in [6.45, 7) is 0.221. The van der Waals surface area contributed by atoms with Crippen LogP contribution in [0.15, 0.2) is 22.0 Å². The molecule has 7 nitrogen and oxygen atoms in total. The minimum atomic E-state index is -3.93. The molecule has 1 aromatic heterocycles. The van der Waals surface area contributed by atoms with E-state index in [9.17, 15) is 18.0 Å². The first-order valence-electron chi connectivity index (χ1n) is 6.36. The minimum Gasteiger partial charge on any atom is -0.468 e. The molecule has 0 bridgehead atoms. The second kappa shape index (κ2) is 6.17. The van der Waals surface area contributed by atoms with Crippen molar-refractivity contribution in [3.05, 3.63) is 27.6 Å². The van der Waals surface area contributed by atoms with E-state index in [-0.39, 0.29) is 16.5 Å². The van der Waals surface area contributed by atoms with Gasteiger partial charge in [0.15, 0.2) is 0 Å². The highest BCUT2D eigenvalue weighted by molar-refractivity contribution is 7.89. The lowest BCUT2D eigenvalue weighted by Gasteiger charge is -2.32. The Morgan fingerprint density at radius 2 is 2.19 bits per heavy atom. The van der Waals surface area contributed by atoms with E-state index < -0.39 is 27.6 Å². The van der Waals surface area contributed by atoms with Gasteiger partial charge in [-0.15, -0.1) is 0 Å². The van der Waals surface area contributed by atoms with Gasteiger partial charge >= 0.3 is 5.97 Å². The Morgan fingerprint density at radius 3 is 2.81 bits per heavy atom. The summed E-state index contributed by atoms with van der Waals surface area (Å²) in [5, 5.41) is -0.220. The summed E-state index contributed by atoms with van der Waals surface area (Å²) in [6, 6.07) is 0.234. The summed E-state index contributed by atoms with van der Waals surface area (Å²) >= 11 is 5.67. The van der Waals surface area contributed by atoms with Crippen LogP contribution < -0.4 is 5.56 Å². The van der Waals surface area contributed by atoms with E-state index in [0.29, 0.717) is 12.8 Å². The predicted octanol–water partition coefficient (Wildman–Crippen LogP) is 0.744. The number of methoxy groups -OCH3 is 1. The number of sulfonamides is 1. The molecule has 9 heteroatoms. The van der Waals surface area contributed by atoms with Gasteiger partial charge in [-0.05, 0) is 25.3 Å². The zero-order valence-corrected chi connectivity index (χ0v) is 12.9. The van der Waals surface area contributed by atoms with E-state index in [2.05, 4.69) is 9.72 Å². The number of hydrogen-bond acceptors (Lipinski definition) is 5. The molecule has 0 amide bonds. The molecule has 2 rings (SSSR count). The van der Waals surface area contributed by atoms with E-state index in [1.165, 1.54) is 7.11 Å². The fraction of sp³-hybridized carbons (Fsp3) is 0.500. The van der Waals surface area contributed by atoms with E-state index in [0.717, 1.165) is 23.0 Å². The van der Waals surface area contributed by atoms with Gasteiger partial charge in [0.25, 0.3) is 5.56 Å². The number of nitrogens with zero attached hydrogens (tertiary/aromatic N) is 1. The molecule has 1 atom stereocenters.